The highest BCUT2D eigenvalue weighted by atomic mass is 16.6. The fraction of sp³-hybridized carbons (Fsp3) is 0.278. The Balaban J connectivity index is 1.78. The smallest absolute Gasteiger partial charge is 0.271 e. The molecule has 2 aromatic carbocycles. The third-order valence-corrected chi connectivity index (χ3v) is 3.49. The van der Waals surface area contributed by atoms with Crippen molar-refractivity contribution in [3.8, 4) is 5.75 Å². The van der Waals surface area contributed by atoms with Gasteiger partial charge in [0.2, 0.25) is 5.91 Å². The maximum absolute atomic E-state index is 11.9. The van der Waals surface area contributed by atoms with Crippen LogP contribution in [-0.4, -0.2) is 17.4 Å². The number of amides is 1. The van der Waals surface area contributed by atoms with Crippen LogP contribution in [0.4, 0.5) is 11.4 Å². The molecule has 0 saturated heterocycles. The van der Waals surface area contributed by atoms with Crippen LogP contribution in [0, 0.1) is 24.0 Å². The van der Waals surface area contributed by atoms with Crippen LogP contribution in [0.2, 0.25) is 0 Å². The Kier molecular flexibility index (Phi) is 5.89. The van der Waals surface area contributed by atoms with Gasteiger partial charge < -0.3 is 10.1 Å². The number of nitrogens with zero attached hydrogens (tertiary/aromatic N) is 1. The van der Waals surface area contributed by atoms with Crippen molar-refractivity contribution in [1.82, 2.24) is 0 Å². The highest BCUT2D eigenvalue weighted by Gasteiger charge is 2.08. The fourth-order valence-electron chi connectivity index (χ4n) is 2.20. The maximum Gasteiger partial charge on any atom is 0.271 e. The monoisotopic (exact) mass is 328 g/mol. The Morgan fingerprint density at radius 2 is 2.00 bits per heavy atom. The van der Waals surface area contributed by atoms with E-state index in [9.17, 15) is 14.9 Å². The van der Waals surface area contributed by atoms with E-state index in [0.717, 1.165) is 16.9 Å². The molecule has 1 N–H and O–H groups in total. The zero-order valence-electron chi connectivity index (χ0n) is 13.7. The largest absolute Gasteiger partial charge is 0.493 e. The SMILES string of the molecule is Cc1ccc(C)c(OCCCC(=O)Nc2cccc([N+](=O)[O-])c2)c1. The minimum Gasteiger partial charge on any atom is -0.493 e. The molecule has 6 heteroatoms. The molecule has 126 valence electrons. The Morgan fingerprint density at radius 1 is 1.21 bits per heavy atom. The number of rotatable bonds is 7. The molecular formula is C18H20N2O4. The van der Waals surface area contributed by atoms with Gasteiger partial charge in [-0.05, 0) is 43.5 Å². The molecule has 0 atom stereocenters. The molecule has 0 saturated carbocycles. The molecule has 0 spiro atoms. The van der Waals surface area contributed by atoms with Crippen molar-refractivity contribution < 1.29 is 14.5 Å². The first kappa shape index (κ1) is 17.5. The second kappa shape index (κ2) is 8.10. The summed E-state index contributed by atoms with van der Waals surface area (Å²) in [7, 11) is 0. The van der Waals surface area contributed by atoms with E-state index < -0.39 is 4.92 Å². The normalized spacial score (nSPS) is 10.2. The number of nitro groups is 1. The average molecular weight is 328 g/mol. The van der Waals surface area contributed by atoms with E-state index in [0.29, 0.717) is 18.7 Å². The van der Waals surface area contributed by atoms with Crippen LogP contribution >= 0.6 is 0 Å². The van der Waals surface area contributed by atoms with Crippen LogP contribution < -0.4 is 10.1 Å². The van der Waals surface area contributed by atoms with E-state index in [-0.39, 0.29) is 18.0 Å². The number of aryl methyl sites for hydroxylation is 2. The summed E-state index contributed by atoms with van der Waals surface area (Å²) in [5.41, 5.74) is 2.55. The Hall–Kier alpha value is -2.89. The highest BCUT2D eigenvalue weighted by molar-refractivity contribution is 5.90. The third kappa shape index (κ3) is 5.08. The molecule has 0 aliphatic carbocycles. The van der Waals surface area contributed by atoms with Gasteiger partial charge >= 0.3 is 0 Å². The van der Waals surface area contributed by atoms with E-state index in [1.165, 1.54) is 18.2 Å². The molecule has 1 amide bonds. The van der Waals surface area contributed by atoms with Crippen molar-refractivity contribution in [3.05, 3.63) is 63.7 Å². The lowest BCUT2D eigenvalue weighted by Gasteiger charge is -2.10. The summed E-state index contributed by atoms with van der Waals surface area (Å²) in [4.78, 5) is 22.1. The van der Waals surface area contributed by atoms with Gasteiger partial charge in [-0.25, -0.2) is 0 Å². The van der Waals surface area contributed by atoms with Gasteiger partial charge in [0, 0.05) is 24.2 Å². The fourth-order valence-corrected chi connectivity index (χ4v) is 2.20. The third-order valence-electron chi connectivity index (χ3n) is 3.49. The predicted octanol–water partition coefficient (Wildman–Crippen LogP) is 4.01. The number of anilines is 1. The van der Waals surface area contributed by atoms with Gasteiger partial charge in [0.15, 0.2) is 0 Å². The molecule has 0 bridgehead atoms. The van der Waals surface area contributed by atoms with Crippen LogP contribution in [-0.2, 0) is 4.79 Å². The number of hydrogen-bond acceptors (Lipinski definition) is 4. The standard InChI is InChI=1S/C18H20N2O4/c1-13-8-9-14(2)17(11-13)24-10-4-7-18(21)19-15-5-3-6-16(12-15)20(22)23/h3,5-6,8-9,11-12H,4,7,10H2,1-2H3,(H,19,21). The first-order valence-electron chi connectivity index (χ1n) is 7.70. The zero-order chi connectivity index (χ0) is 17.5. The van der Waals surface area contributed by atoms with Gasteiger partial charge in [-0.3, -0.25) is 14.9 Å². The van der Waals surface area contributed by atoms with Crippen LogP contribution in [0.15, 0.2) is 42.5 Å². The molecule has 6 nitrogen and oxygen atoms in total. The van der Waals surface area contributed by atoms with Crippen molar-refractivity contribution >= 4 is 17.3 Å². The summed E-state index contributed by atoms with van der Waals surface area (Å²) >= 11 is 0. The Bertz CT molecular complexity index is 744. The van der Waals surface area contributed by atoms with E-state index in [1.54, 1.807) is 6.07 Å². The highest BCUT2D eigenvalue weighted by Crippen LogP contribution is 2.20. The molecule has 0 aromatic heterocycles. The minimum absolute atomic E-state index is 0.0499. The van der Waals surface area contributed by atoms with Crippen molar-refractivity contribution in [2.24, 2.45) is 0 Å². The van der Waals surface area contributed by atoms with Crippen LogP contribution in [0.1, 0.15) is 24.0 Å². The number of benzene rings is 2. The lowest BCUT2D eigenvalue weighted by atomic mass is 10.1. The molecule has 0 heterocycles. The summed E-state index contributed by atoms with van der Waals surface area (Å²) in [5.74, 6) is 0.633. The van der Waals surface area contributed by atoms with E-state index in [4.69, 9.17) is 4.74 Å². The predicted molar refractivity (Wildman–Crippen MR) is 92.4 cm³/mol. The average Bonchev–Trinajstić information content (AvgIpc) is 2.55. The van der Waals surface area contributed by atoms with Gasteiger partial charge in [-0.1, -0.05) is 18.2 Å². The number of non-ortho nitro benzene ring substituents is 1. The molecule has 0 radical (unpaired) electrons. The zero-order valence-corrected chi connectivity index (χ0v) is 13.7. The van der Waals surface area contributed by atoms with Crippen molar-refractivity contribution in [1.29, 1.82) is 0 Å². The van der Waals surface area contributed by atoms with Crippen LogP contribution in [0.3, 0.4) is 0 Å². The van der Waals surface area contributed by atoms with Gasteiger partial charge in [0.05, 0.1) is 11.5 Å². The van der Waals surface area contributed by atoms with Crippen LogP contribution in [0.5, 0.6) is 5.75 Å². The Labute approximate surface area is 140 Å². The maximum atomic E-state index is 11.9. The number of nitrogens with one attached hydrogen (secondary N) is 1. The molecule has 24 heavy (non-hydrogen) atoms. The van der Waals surface area contributed by atoms with Crippen molar-refractivity contribution in [3.63, 3.8) is 0 Å². The van der Waals surface area contributed by atoms with Gasteiger partial charge in [0.1, 0.15) is 5.75 Å². The molecule has 0 aliphatic rings. The summed E-state index contributed by atoms with van der Waals surface area (Å²) < 4.78 is 5.70. The number of carbonyl (C=O) groups excluding carboxylic acids is 1. The number of hydrogen-bond donors (Lipinski definition) is 1. The molecule has 0 aliphatic heterocycles. The molecule has 2 aromatic rings. The Morgan fingerprint density at radius 3 is 2.75 bits per heavy atom. The first-order chi connectivity index (χ1) is 11.5. The molecular weight excluding hydrogens is 308 g/mol. The summed E-state index contributed by atoms with van der Waals surface area (Å²) in [5, 5.41) is 13.4. The first-order valence-corrected chi connectivity index (χ1v) is 7.70. The van der Waals surface area contributed by atoms with Gasteiger partial charge in [0.25, 0.3) is 5.69 Å². The van der Waals surface area contributed by atoms with Gasteiger partial charge in [-0.2, -0.15) is 0 Å². The lowest BCUT2D eigenvalue weighted by Crippen LogP contribution is -2.13. The minimum atomic E-state index is -0.492. The second-order valence-corrected chi connectivity index (χ2v) is 5.58. The molecule has 0 unspecified atom stereocenters. The molecule has 0 fully saturated rings. The topological polar surface area (TPSA) is 81.5 Å². The number of carbonyl (C=O) groups is 1. The summed E-state index contributed by atoms with van der Waals surface area (Å²) in [6.45, 7) is 4.41. The van der Waals surface area contributed by atoms with E-state index in [2.05, 4.69) is 5.32 Å². The van der Waals surface area contributed by atoms with E-state index in [1.807, 2.05) is 32.0 Å². The lowest BCUT2D eigenvalue weighted by molar-refractivity contribution is -0.384. The number of nitro benzene ring substituents is 1. The second-order valence-electron chi connectivity index (χ2n) is 5.58. The number of ether oxygens (including phenoxy) is 1. The van der Waals surface area contributed by atoms with Crippen molar-refractivity contribution in [2.45, 2.75) is 26.7 Å². The quantitative estimate of drug-likeness (QED) is 0.473. The molecule has 2 rings (SSSR count). The summed E-state index contributed by atoms with van der Waals surface area (Å²) in [6.07, 6.45) is 0.849. The van der Waals surface area contributed by atoms with E-state index >= 15 is 0 Å². The van der Waals surface area contributed by atoms with Gasteiger partial charge in [-0.15, -0.1) is 0 Å². The summed E-state index contributed by atoms with van der Waals surface area (Å²) in [6, 6.07) is 11.9. The van der Waals surface area contributed by atoms with Crippen molar-refractivity contribution in [2.75, 3.05) is 11.9 Å². The van der Waals surface area contributed by atoms with Crippen LogP contribution in [0.25, 0.3) is 0 Å².